The molecule has 5 atom stereocenters. The average molecular weight is 471 g/mol. The number of nitrogen functional groups attached to an aromatic ring is 1. The van der Waals surface area contributed by atoms with Gasteiger partial charge in [-0.3, -0.25) is 9.13 Å². The van der Waals surface area contributed by atoms with Crippen molar-refractivity contribution in [2.75, 3.05) is 12.3 Å². The maximum Gasteiger partial charge on any atom is 0.268 e. The third kappa shape index (κ3) is 3.49. The van der Waals surface area contributed by atoms with Gasteiger partial charge in [0, 0.05) is 9.92 Å². The van der Waals surface area contributed by atoms with Crippen LogP contribution in [0.5, 0.6) is 0 Å². The van der Waals surface area contributed by atoms with Crippen LogP contribution in [0.2, 0.25) is 5.02 Å². The van der Waals surface area contributed by atoms with E-state index in [4.69, 9.17) is 31.1 Å². The number of ether oxygens (including phenoxy) is 1. The van der Waals surface area contributed by atoms with E-state index < -0.39 is 32.4 Å². The first kappa shape index (κ1) is 20.2. The van der Waals surface area contributed by atoms with Gasteiger partial charge in [0.2, 0.25) is 0 Å². The number of nitrogens with two attached hydrogens (primary N) is 1. The number of imidazole rings is 1. The molecule has 2 aliphatic heterocycles. The van der Waals surface area contributed by atoms with E-state index >= 15 is 0 Å². The van der Waals surface area contributed by atoms with Crippen LogP contribution in [0.15, 0.2) is 40.6 Å². The van der Waals surface area contributed by atoms with Gasteiger partial charge in [-0.1, -0.05) is 23.4 Å². The Labute approximate surface area is 178 Å². The summed E-state index contributed by atoms with van der Waals surface area (Å²) in [6.45, 7) is -0.261. The zero-order valence-electron chi connectivity index (χ0n) is 15.0. The normalized spacial score (nSPS) is 31.2. The summed E-state index contributed by atoms with van der Waals surface area (Å²) in [7, 11) is -4.50. The van der Waals surface area contributed by atoms with E-state index in [2.05, 4.69) is 15.0 Å². The van der Waals surface area contributed by atoms with Crippen LogP contribution in [0.4, 0.5) is 5.82 Å². The predicted molar refractivity (Wildman–Crippen MR) is 104 cm³/mol. The van der Waals surface area contributed by atoms with Crippen molar-refractivity contribution < 1.29 is 28.3 Å². The molecule has 0 amide bonds. The zero-order valence-corrected chi connectivity index (χ0v) is 17.5. The van der Waals surface area contributed by atoms with Gasteiger partial charge < -0.3 is 29.5 Å². The molecule has 2 aromatic heterocycles. The third-order valence-corrected chi connectivity index (χ3v) is 6.90. The fourth-order valence-electron chi connectivity index (χ4n) is 3.36. The lowest BCUT2D eigenvalue weighted by molar-refractivity contribution is -0.245. The highest BCUT2D eigenvalue weighted by Crippen LogP contribution is 2.50. The molecule has 11 nitrogen and oxygen atoms in total. The topological polar surface area (TPSA) is 158 Å². The number of aliphatic hydroxyl groups excluding tert-OH is 1. The molecule has 1 aromatic carbocycles. The molecule has 2 saturated heterocycles. The average Bonchev–Trinajstić information content (AvgIpc) is 3.21. The Morgan fingerprint density at radius 2 is 2.10 bits per heavy atom. The number of phosphoric ester groups is 1. The molecular weight excluding hydrogens is 457 g/mol. The first-order chi connectivity index (χ1) is 14.3. The molecule has 0 radical (unpaired) electrons. The van der Waals surface area contributed by atoms with Crippen molar-refractivity contribution in [3.8, 4) is 0 Å². The van der Waals surface area contributed by atoms with Crippen LogP contribution >= 0.6 is 31.2 Å². The van der Waals surface area contributed by atoms with Gasteiger partial charge >= 0.3 is 0 Å². The minimum Gasteiger partial charge on any atom is -0.756 e. The van der Waals surface area contributed by atoms with Crippen LogP contribution < -0.4 is 10.6 Å². The Balaban J connectivity index is 1.58. The van der Waals surface area contributed by atoms with Crippen LogP contribution in [-0.4, -0.2) is 49.5 Å². The van der Waals surface area contributed by atoms with Gasteiger partial charge in [-0.2, -0.15) is 0 Å². The van der Waals surface area contributed by atoms with Crippen molar-refractivity contribution in [2.45, 2.75) is 34.6 Å². The van der Waals surface area contributed by atoms with Crippen molar-refractivity contribution in [3.05, 3.63) is 35.6 Å². The highest BCUT2D eigenvalue weighted by Gasteiger charge is 2.51. The zero-order chi connectivity index (χ0) is 21.0. The molecule has 4 heterocycles. The summed E-state index contributed by atoms with van der Waals surface area (Å²) in [5, 5.41) is 11.8. The van der Waals surface area contributed by atoms with Crippen LogP contribution in [-0.2, 0) is 18.3 Å². The highest BCUT2D eigenvalue weighted by molar-refractivity contribution is 7.99. The first-order valence-electron chi connectivity index (χ1n) is 8.72. The van der Waals surface area contributed by atoms with Gasteiger partial charge in [-0.25, -0.2) is 15.0 Å². The maximum absolute atomic E-state index is 11.7. The summed E-state index contributed by atoms with van der Waals surface area (Å²) >= 11 is 7.22. The largest absolute Gasteiger partial charge is 0.756 e. The molecular formula is C16H14ClN5O6PS-. The number of aromatic nitrogens is 4. The number of fused-ring (bicyclic) bond motifs is 2. The molecule has 2 aliphatic rings. The van der Waals surface area contributed by atoms with Crippen molar-refractivity contribution in [3.63, 3.8) is 0 Å². The Hall–Kier alpha value is -1.76. The van der Waals surface area contributed by atoms with Gasteiger partial charge in [0.1, 0.15) is 24.6 Å². The minimum absolute atomic E-state index is 0.158. The highest BCUT2D eigenvalue weighted by atomic mass is 35.5. The smallest absolute Gasteiger partial charge is 0.268 e. The van der Waals surface area contributed by atoms with E-state index in [-0.39, 0.29) is 12.4 Å². The van der Waals surface area contributed by atoms with E-state index in [9.17, 15) is 14.6 Å². The first-order valence-corrected chi connectivity index (χ1v) is 11.4. The van der Waals surface area contributed by atoms with Gasteiger partial charge in [0.05, 0.1) is 6.61 Å². The molecule has 158 valence electrons. The second kappa shape index (κ2) is 7.43. The molecule has 5 rings (SSSR count). The molecule has 0 bridgehead atoms. The van der Waals surface area contributed by atoms with Crippen LogP contribution in [0.1, 0.15) is 6.23 Å². The summed E-state index contributed by atoms with van der Waals surface area (Å²) in [4.78, 5) is 25.2. The number of aliphatic hydroxyl groups is 1. The fourth-order valence-corrected chi connectivity index (χ4v) is 5.34. The third-order valence-electron chi connectivity index (χ3n) is 4.71. The summed E-state index contributed by atoms with van der Waals surface area (Å²) < 4.78 is 28.7. The molecule has 0 saturated carbocycles. The van der Waals surface area contributed by atoms with E-state index in [1.807, 2.05) is 12.1 Å². The lowest BCUT2D eigenvalue weighted by atomic mass is 10.1. The second-order valence-corrected chi connectivity index (χ2v) is 9.46. The van der Waals surface area contributed by atoms with Crippen LogP contribution in [0.3, 0.4) is 0 Å². The van der Waals surface area contributed by atoms with Crippen molar-refractivity contribution in [1.29, 1.82) is 0 Å². The minimum atomic E-state index is -4.50. The van der Waals surface area contributed by atoms with E-state index in [0.717, 1.165) is 4.90 Å². The Morgan fingerprint density at radius 1 is 1.33 bits per heavy atom. The van der Waals surface area contributed by atoms with Crippen molar-refractivity contribution >= 4 is 48.2 Å². The molecule has 0 spiro atoms. The summed E-state index contributed by atoms with van der Waals surface area (Å²) in [5.74, 6) is 0.158. The van der Waals surface area contributed by atoms with Crippen LogP contribution in [0.25, 0.3) is 11.2 Å². The number of rotatable bonds is 3. The number of nitrogens with zero attached hydrogens (tertiary/aromatic N) is 4. The van der Waals surface area contributed by atoms with Gasteiger partial charge in [0.25, 0.3) is 7.82 Å². The summed E-state index contributed by atoms with van der Waals surface area (Å²) in [6, 6.07) is 7.08. The number of halogens is 1. The summed E-state index contributed by atoms with van der Waals surface area (Å²) in [6.07, 6.45) is -2.98. The lowest BCUT2D eigenvalue weighted by Crippen LogP contribution is -2.41. The number of benzene rings is 1. The Kier molecular flexibility index (Phi) is 4.99. The molecule has 3 N–H and O–H groups in total. The number of phosphoric acid groups is 1. The summed E-state index contributed by atoms with van der Waals surface area (Å²) in [5.41, 5.74) is 6.61. The van der Waals surface area contributed by atoms with Crippen LogP contribution in [0, 0.1) is 0 Å². The second-order valence-electron chi connectivity index (χ2n) is 6.62. The fraction of sp³-hybridized carbons (Fsp3) is 0.312. The van der Waals surface area contributed by atoms with E-state index in [1.165, 1.54) is 18.1 Å². The molecule has 3 aromatic rings. The molecule has 30 heavy (non-hydrogen) atoms. The monoisotopic (exact) mass is 470 g/mol. The maximum atomic E-state index is 11.7. The number of hydrogen-bond acceptors (Lipinski definition) is 11. The van der Waals surface area contributed by atoms with Crippen molar-refractivity contribution in [2.24, 2.45) is 0 Å². The molecule has 0 aliphatic carbocycles. The lowest BCUT2D eigenvalue weighted by Gasteiger charge is -2.34. The van der Waals surface area contributed by atoms with Crippen molar-refractivity contribution in [1.82, 2.24) is 19.5 Å². The quantitative estimate of drug-likeness (QED) is 0.532. The number of hydrogen-bond donors (Lipinski definition) is 2. The Morgan fingerprint density at radius 3 is 2.87 bits per heavy atom. The predicted octanol–water partition coefficient (Wildman–Crippen LogP) is 1.36. The standard InChI is InChI=1S/C16H15ClN5O6PS/c17-7-1-3-8(4-2-7)30-16-21-10-13(18)19-6-20-14(10)22(16)15-11(23)12-9(27-15)5-26-29(24,25)28-12/h1-4,6,9,11-12,15,23H,5H2,(H,24,25)(H2,18,19,20)/p-1/t9?,11?,12-,15-/m0/s1. The van der Waals surface area contributed by atoms with E-state index in [0.29, 0.717) is 21.3 Å². The number of anilines is 1. The van der Waals surface area contributed by atoms with Gasteiger partial charge in [-0.05, 0) is 24.3 Å². The molecule has 3 unspecified atom stereocenters. The molecule has 14 heteroatoms. The SMILES string of the molecule is Nc1ncnc2c1nc(Sc1ccc(Cl)cc1)n2[C@H]1OC2COP(=O)([O-])O[C@@H]2C1O. The molecule has 2 fully saturated rings. The van der Waals surface area contributed by atoms with E-state index in [1.54, 1.807) is 16.7 Å². The Bertz CT molecular complexity index is 1160. The van der Waals surface area contributed by atoms with Gasteiger partial charge in [0.15, 0.2) is 28.4 Å². The van der Waals surface area contributed by atoms with Gasteiger partial charge in [-0.15, -0.1) is 0 Å².